The van der Waals surface area contributed by atoms with Crippen LogP contribution in [-0.4, -0.2) is 21.4 Å². The van der Waals surface area contributed by atoms with Gasteiger partial charge in [0.25, 0.3) is 5.91 Å². The fraction of sp³-hybridized carbons (Fsp3) is 0.222. The Labute approximate surface area is 154 Å². The van der Waals surface area contributed by atoms with Gasteiger partial charge in [-0.05, 0) is 37.1 Å². The molecule has 25 heavy (non-hydrogen) atoms. The molecular weight excluding hydrogens is 361 g/mol. The van der Waals surface area contributed by atoms with Crippen LogP contribution in [0, 0.1) is 0 Å². The molecule has 5 nitrogen and oxygen atoms in total. The van der Waals surface area contributed by atoms with Crippen molar-refractivity contribution in [2.24, 2.45) is 5.73 Å². The first-order valence-electron chi connectivity index (χ1n) is 7.92. The van der Waals surface area contributed by atoms with Gasteiger partial charge in [0, 0.05) is 12.1 Å². The monoisotopic (exact) mass is 375 g/mol. The number of hydrogen-bond acceptors (Lipinski definition) is 3. The molecule has 1 fully saturated rings. The van der Waals surface area contributed by atoms with Crippen LogP contribution in [0.1, 0.15) is 34.9 Å². The molecule has 0 atom stereocenters. The van der Waals surface area contributed by atoms with Crippen molar-refractivity contribution in [3.8, 4) is 5.75 Å². The molecule has 0 aliphatic heterocycles. The lowest BCUT2D eigenvalue weighted by molar-refractivity contribution is 0.0931. The lowest BCUT2D eigenvalue weighted by Gasteiger charge is -2.35. The van der Waals surface area contributed by atoms with Crippen molar-refractivity contribution in [2.75, 3.05) is 0 Å². The van der Waals surface area contributed by atoms with Crippen LogP contribution in [0.3, 0.4) is 0 Å². The molecule has 7 heteroatoms. The van der Waals surface area contributed by atoms with E-state index in [0.29, 0.717) is 27.1 Å². The Hall–Kier alpha value is -2.24. The van der Waals surface area contributed by atoms with Gasteiger partial charge in [-0.15, -0.1) is 0 Å². The number of pyridine rings is 1. The van der Waals surface area contributed by atoms with Crippen LogP contribution in [0.5, 0.6) is 5.75 Å². The Morgan fingerprint density at radius 3 is 2.76 bits per heavy atom. The van der Waals surface area contributed by atoms with E-state index in [9.17, 15) is 4.79 Å². The molecule has 1 amide bonds. The molecule has 0 unspecified atom stereocenters. The largest absolute Gasteiger partial charge is 0.489 e. The summed E-state index contributed by atoms with van der Waals surface area (Å²) >= 11 is 12.2. The van der Waals surface area contributed by atoms with Crippen LogP contribution in [0.4, 0.5) is 0 Å². The number of carbonyl (C=O) groups is 1. The third-order valence-corrected chi connectivity index (χ3v) is 5.28. The number of benzene rings is 1. The van der Waals surface area contributed by atoms with Gasteiger partial charge < -0.3 is 10.5 Å². The third kappa shape index (κ3) is 2.83. The number of nitrogens with two attached hydrogens (primary N) is 1. The third-order valence-electron chi connectivity index (χ3n) is 4.48. The average molecular weight is 376 g/mol. The number of aromatic nitrogens is 2. The van der Waals surface area contributed by atoms with Gasteiger partial charge in [-0.3, -0.25) is 9.20 Å². The van der Waals surface area contributed by atoms with Crippen molar-refractivity contribution >= 4 is 34.8 Å². The number of hydrogen-bond donors (Lipinski definition) is 1. The fourth-order valence-electron chi connectivity index (χ4n) is 3.18. The Balaban J connectivity index is 1.54. The van der Waals surface area contributed by atoms with Crippen molar-refractivity contribution in [2.45, 2.75) is 24.9 Å². The van der Waals surface area contributed by atoms with E-state index in [4.69, 9.17) is 33.7 Å². The zero-order valence-corrected chi connectivity index (χ0v) is 14.7. The van der Waals surface area contributed by atoms with Crippen molar-refractivity contribution in [1.29, 1.82) is 0 Å². The van der Waals surface area contributed by atoms with Gasteiger partial charge in [-0.1, -0.05) is 35.3 Å². The maximum Gasteiger partial charge on any atom is 0.267 e. The summed E-state index contributed by atoms with van der Waals surface area (Å²) in [4.78, 5) is 16.5. The van der Waals surface area contributed by atoms with Crippen LogP contribution < -0.4 is 10.5 Å². The lowest BCUT2D eigenvalue weighted by Crippen LogP contribution is -2.34. The zero-order valence-electron chi connectivity index (χ0n) is 13.2. The van der Waals surface area contributed by atoms with E-state index in [-0.39, 0.29) is 12.0 Å². The summed E-state index contributed by atoms with van der Waals surface area (Å²) in [6.07, 6.45) is 3.29. The minimum Gasteiger partial charge on any atom is -0.489 e. The van der Waals surface area contributed by atoms with Crippen molar-refractivity contribution < 1.29 is 9.53 Å². The number of primary amides is 1. The molecule has 1 aliphatic rings. The first-order valence-corrected chi connectivity index (χ1v) is 8.67. The highest BCUT2D eigenvalue weighted by atomic mass is 35.5. The SMILES string of the molecule is NC(=O)c1c(C2CC(Oc3cccc(Cl)c3Cl)C2)nc2ccccn12. The molecule has 2 N–H and O–H groups in total. The fourth-order valence-corrected chi connectivity index (χ4v) is 3.52. The van der Waals surface area contributed by atoms with E-state index < -0.39 is 5.91 Å². The molecule has 2 heterocycles. The summed E-state index contributed by atoms with van der Waals surface area (Å²) in [5.74, 6) is 0.226. The summed E-state index contributed by atoms with van der Waals surface area (Å²) in [7, 11) is 0. The second-order valence-corrected chi connectivity index (χ2v) is 6.88. The van der Waals surface area contributed by atoms with Crippen molar-refractivity contribution in [1.82, 2.24) is 9.38 Å². The highest BCUT2D eigenvalue weighted by Gasteiger charge is 2.37. The number of rotatable bonds is 4. The molecule has 0 bridgehead atoms. The van der Waals surface area contributed by atoms with Gasteiger partial charge in [-0.2, -0.15) is 0 Å². The standard InChI is InChI=1S/C18H15Cl2N3O2/c19-12-4-3-5-13(15(12)20)25-11-8-10(9-11)16-17(18(21)24)23-7-2-1-6-14(23)22-16/h1-7,10-11H,8-9H2,(H2,21,24). The summed E-state index contributed by atoms with van der Waals surface area (Å²) in [5, 5.41) is 0.879. The summed E-state index contributed by atoms with van der Waals surface area (Å²) in [6, 6.07) is 10.9. The van der Waals surface area contributed by atoms with Gasteiger partial charge in [0.05, 0.1) is 10.7 Å². The molecule has 1 aliphatic carbocycles. The van der Waals surface area contributed by atoms with Crippen LogP contribution in [0.25, 0.3) is 5.65 Å². The summed E-state index contributed by atoms with van der Waals surface area (Å²) in [5.41, 5.74) is 7.47. The Morgan fingerprint density at radius 2 is 2.00 bits per heavy atom. The van der Waals surface area contributed by atoms with E-state index in [1.165, 1.54) is 0 Å². The molecule has 0 saturated heterocycles. The number of fused-ring (bicyclic) bond motifs is 1. The van der Waals surface area contributed by atoms with Gasteiger partial charge in [-0.25, -0.2) is 4.98 Å². The number of halogens is 2. The van der Waals surface area contributed by atoms with Gasteiger partial charge in [0.15, 0.2) is 0 Å². The Kier molecular flexibility index (Phi) is 4.06. The first-order chi connectivity index (χ1) is 12.0. The highest BCUT2D eigenvalue weighted by Crippen LogP contribution is 2.42. The minimum atomic E-state index is -0.476. The van der Waals surface area contributed by atoms with Crippen LogP contribution in [-0.2, 0) is 0 Å². The second kappa shape index (κ2) is 6.24. The molecule has 128 valence electrons. The molecule has 2 aromatic heterocycles. The van der Waals surface area contributed by atoms with Crippen molar-refractivity contribution in [3.05, 3.63) is 64.0 Å². The topological polar surface area (TPSA) is 69.6 Å². The summed E-state index contributed by atoms with van der Waals surface area (Å²) < 4.78 is 7.66. The van der Waals surface area contributed by atoms with Gasteiger partial charge in [0.1, 0.15) is 28.2 Å². The molecule has 0 radical (unpaired) electrons. The maximum absolute atomic E-state index is 11.9. The molecule has 1 saturated carbocycles. The van der Waals surface area contributed by atoms with Crippen LogP contribution >= 0.6 is 23.2 Å². The number of nitrogens with zero attached hydrogens (tertiary/aromatic N) is 2. The van der Waals surface area contributed by atoms with E-state index in [1.807, 2.05) is 18.2 Å². The maximum atomic E-state index is 11.9. The molecule has 4 rings (SSSR count). The predicted octanol–water partition coefficient (Wildman–Crippen LogP) is 4.07. The highest BCUT2D eigenvalue weighted by molar-refractivity contribution is 6.42. The Morgan fingerprint density at radius 1 is 1.20 bits per heavy atom. The van der Waals surface area contributed by atoms with E-state index in [0.717, 1.165) is 18.5 Å². The second-order valence-electron chi connectivity index (χ2n) is 6.10. The van der Waals surface area contributed by atoms with E-state index >= 15 is 0 Å². The van der Waals surface area contributed by atoms with Gasteiger partial charge >= 0.3 is 0 Å². The van der Waals surface area contributed by atoms with E-state index in [1.54, 1.807) is 28.8 Å². The number of amides is 1. The van der Waals surface area contributed by atoms with Crippen LogP contribution in [0.15, 0.2) is 42.6 Å². The molecular formula is C18H15Cl2N3O2. The number of carbonyl (C=O) groups excluding carboxylic acids is 1. The van der Waals surface area contributed by atoms with E-state index in [2.05, 4.69) is 4.98 Å². The first kappa shape index (κ1) is 16.2. The predicted molar refractivity (Wildman–Crippen MR) is 96.6 cm³/mol. The zero-order chi connectivity index (χ0) is 17.6. The molecule has 0 spiro atoms. The number of ether oxygens (including phenoxy) is 1. The smallest absolute Gasteiger partial charge is 0.267 e. The Bertz CT molecular complexity index is 964. The molecule has 3 aromatic rings. The quantitative estimate of drug-likeness (QED) is 0.747. The van der Waals surface area contributed by atoms with Crippen LogP contribution in [0.2, 0.25) is 10.0 Å². The number of imidazole rings is 1. The summed E-state index contributed by atoms with van der Waals surface area (Å²) in [6.45, 7) is 0. The van der Waals surface area contributed by atoms with Gasteiger partial charge in [0.2, 0.25) is 0 Å². The minimum absolute atomic E-state index is 0.00602. The molecule has 1 aromatic carbocycles. The normalized spacial score (nSPS) is 19.6. The average Bonchev–Trinajstić information content (AvgIpc) is 2.93. The lowest BCUT2D eigenvalue weighted by atomic mass is 9.79. The van der Waals surface area contributed by atoms with Crippen molar-refractivity contribution in [3.63, 3.8) is 0 Å².